The maximum atomic E-state index is 13.3. The van der Waals surface area contributed by atoms with Crippen LogP contribution in [0.2, 0.25) is 5.02 Å². The lowest BCUT2D eigenvalue weighted by molar-refractivity contribution is 0.450. The van der Waals surface area contributed by atoms with E-state index in [9.17, 15) is 12.8 Å². The zero-order chi connectivity index (χ0) is 14.1. The van der Waals surface area contributed by atoms with Crippen LogP contribution in [-0.4, -0.2) is 32.0 Å². The van der Waals surface area contributed by atoms with Gasteiger partial charge in [0, 0.05) is 17.3 Å². The van der Waals surface area contributed by atoms with Gasteiger partial charge >= 0.3 is 0 Å². The summed E-state index contributed by atoms with van der Waals surface area (Å²) in [5, 5.41) is 3.31. The molecule has 1 heterocycles. The van der Waals surface area contributed by atoms with Crippen LogP contribution in [0, 0.1) is 5.82 Å². The summed E-state index contributed by atoms with van der Waals surface area (Å²) in [6.07, 6.45) is 1.19. The molecule has 106 valence electrons. The number of halogens is 2. The van der Waals surface area contributed by atoms with E-state index in [1.807, 2.05) is 0 Å². The third-order valence-electron chi connectivity index (χ3n) is 3.27. The van der Waals surface area contributed by atoms with E-state index in [1.165, 1.54) is 12.1 Å². The second kappa shape index (κ2) is 5.26. The summed E-state index contributed by atoms with van der Waals surface area (Å²) in [6.45, 7) is 0.167. The molecule has 0 bridgehead atoms. The van der Waals surface area contributed by atoms with E-state index in [4.69, 9.17) is 17.3 Å². The summed E-state index contributed by atoms with van der Waals surface area (Å²) in [6, 6.07) is 4.03. The predicted octanol–water partition coefficient (Wildman–Crippen LogP) is 1.80. The summed E-state index contributed by atoms with van der Waals surface area (Å²) >= 11 is 5.78. The summed E-state index contributed by atoms with van der Waals surface area (Å²) in [7, 11) is -3.11. The van der Waals surface area contributed by atoms with Crippen LogP contribution in [0.15, 0.2) is 18.2 Å². The van der Waals surface area contributed by atoms with Gasteiger partial charge < -0.3 is 11.1 Å². The minimum atomic E-state index is -3.11. The molecule has 4 nitrogen and oxygen atoms in total. The van der Waals surface area contributed by atoms with Gasteiger partial charge in [0.15, 0.2) is 9.84 Å². The maximum Gasteiger partial charge on any atom is 0.152 e. The minimum absolute atomic E-state index is 0.0371. The standard InChI is InChI=1S/C12H16ClFN2O2S/c13-9-4-10(14)6-11(5-9)16-12(7-15)2-1-3-19(17,18)8-12/h4-6,16H,1-3,7-8,15H2. The fraction of sp³-hybridized carbons (Fsp3) is 0.500. The van der Waals surface area contributed by atoms with Crippen LogP contribution < -0.4 is 11.1 Å². The van der Waals surface area contributed by atoms with Gasteiger partial charge in [-0.05, 0) is 31.0 Å². The van der Waals surface area contributed by atoms with Crippen molar-refractivity contribution in [3.05, 3.63) is 29.0 Å². The number of hydrogen-bond acceptors (Lipinski definition) is 4. The Morgan fingerprint density at radius 1 is 1.42 bits per heavy atom. The van der Waals surface area contributed by atoms with Crippen LogP contribution in [0.1, 0.15) is 12.8 Å². The van der Waals surface area contributed by atoms with Crippen molar-refractivity contribution in [3.63, 3.8) is 0 Å². The second-order valence-electron chi connectivity index (χ2n) is 4.96. The first-order chi connectivity index (χ1) is 8.84. The molecule has 0 aliphatic carbocycles. The normalized spacial score (nSPS) is 26.1. The third-order valence-corrected chi connectivity index (χ3v) is 5.39. The van der Waals surface area contributed by atoms with Crippen molar-refractivity contribution in [3.8, 4) is 0 Å². The molecule has 1 saturated heterocycles. The first-order valence-electron chi connectivity index (χ1n) is 5.99. The highest BCUT2D eigenvalue weighted by Crippen LogP contribution is 2.28. The highest BCUT2D eigenvalue weighted by atomic mass is 35.5. The Hall–Kier alpha value is -0.850. The number of benzene rings is 1. The second-order valence-corrected chi connectivity index (χ2v) is 7.58. The molecule has 0 spiro atoms. The third kappa shape index (κ3) is 3.58. The van der Waals surface area contributed by atoms with Gasteiger partial charge in [0.1, 0.15) is 5.82 Å². The van der Waals surface area contributed by atoms with Gasteiger partial charge in [-0.15, -0.1) is 0 Å². The predicted molar refractivity (Wildman–Crippen MR) is 74.7 cm³/mol. The molecule has 1 unspecified atom stereocenters. The molecule has 1 aromatic rings. The zero-order valence-corrected chi connectivity index (χ0v) is 11.9. The van der Waals surface area contributed by atoms with E-state index < -0.39 is 21.2 Å². The van der Waals surface area contributed by atoms with Gasteiger partial charge in [-0.25, -0.2) is 12.8 Å². The fourth-order valence-electron chi connectivity index (χ4n) is 2.44. The number of nitrogens with two attached hydrogens (primary N) is 1. The highest BCUT2D eigenvalue weighted by molar-refractivity contribution is 7.91. The van der Waals surface area contributed by atoms with Gasteiger partial charge in [0.2, 0.25) is 0 Å². The first kappa shape index (κ1) is 14.6. The molecule has 3 N–H and O–H groups in total. The number of rotatable bonds is 3. The van der Waals surface area contributed by atoms with E-state index in [0.29, 0.717) is 18.5 Å². The van der Waals surface area contributed by atoms with Gasteiger partial charge in [0.25, 0.3) is 0 Å². The average Bonchev–Trinajstić information content (AvgIpc) is 2.26. The van der Waals surface area contributed by atoms with Gasteiger partial charge in [0.05, 0.1) is 17.0 Å². The molecule has 0 amide bonds. The molecule has 19 heavy (non-hydrogen) atoms. The molecule has 0 aromatic heterocycles. The van der Waals surface area contributed by atoms with Crippen LogP contribution in [-0.2, 0) is 9.84 Å². The number of nitrogens with one attached hydrogen (secondary N) is 1. The van der Waals surface area contributed by atoms with E-state index in [0.717, 1.165) is 0 Å². The van der Waals surface area contributed by atoms with Gasteiger partial charge in [-0.3, -0.25) is 0 Å². The van der Waals surface area contributed by atoms with Crippen LogP contribution in [0.25, 0.3) is 0 Å². The molecule has 1 aliphatic heterocycles. The molecule has 1 atom stereocenters. The molecule has 2 rings (SSSR count). The Kier molecular flexibility index (Phi) is 4.03. The van der Waals surface area contributed by atoms with Gasteiger partial charge in [-0.2, -0.15) is 0 Å². The fourth-order valence-corrected chi connectivity index (χ4v) is 4.57. The molecule has 1 aliphatic rings. The van der Waals surface area contributed by atoms with Gasteiger partial charge in [-0.1, -0.05) is 11.6 Å². The lowest BCUT2D eigenvalue weighted by Crippen LogP contribution is -2.53. The smallest absolute Gasteiger partial charge is 0.152 e. The monoisotopic (exact) mass is 306 g/mol. The largest absolute Gasteiger partial charge is 0.377 e. The minimum Gasteiger partial charge on any atom is -0.377 e. The Morgan fingerprint density at radius 2 is 2.16 bits per heavy atom. The Morgan fingerprint density at radius 3 is 2.74 bits per heavy atom. The topological polar surface area (TPSA) is 72.2 Å². The van der Waals surface area contributed by atoms with E-state index in [1.54, 1.807) is 6.07 Å². The quantitative estimate of drug-likeness (QED) is 0.893. The summed E-state index contributed by atoms with van der Waals surface area (Å²) in [5.41, 5.74) is 5.44. The lowest BCUT2D eigenvalue weighted by atomic mass is 9.95. The number of sulfone groups is 1. The molecular weight excluding hydrogens is 291 g/mol. The molecule has 1 fully saturated rings. The first-order valence-corrected chi connectivity index (χ1v) is 8.19. The average molecular weight is 307 g/mol. The summed E-state index contributed by atoms with van der Waals surface area (Å²) < 4.78 is 36.8. The van der Waals surface area contributed by atoms with Crippen molar-refractivity contribution < 1.29 is 12.8 Å². The Balaban J connectivity index is 2.27. The van der Waals surface area contributed by atoms with Crippen molar-refractivity contribution in [1.82, 2.24) is 0 Å². The molecule has 0 saturated carbocycles. The maximum absolute atomic E-state index is 13.3. The molecule has 1 aromatic carbocycles. The van der Waals surface area contributed by atoms with Crippen molar-refractivity contribution >= 4 is 27.1 Å². The Labute approximate surface area is 117 Å². The SMILES string of the molecule is NCC1(Nc2cc(F)cc(Cl)c2)CCCS(=O)(=O)C1. The van der Waals surface area contributed by atoms with Crippen molar-refractivity contribution in [2.75, 3.05) is 23.4 Å². The van der Waals surface area contributed by atoms with Crippen LogP contribution in [0.3, 0.4) is 0 Å². The van der Waals surface area contributed by atoms with Crippen molar-refractivity contribution in [2.45, 2.75) is 18.4 Å². The Bertz CT molecular complexity index is 559. The number of anilines is 1. The molecule has 7 heteroatoms. The van der Waals surface area contributed by atoms with E-state index >= 15 is 0 Å². The summed E-state index contributed by atoms with van der Waals surface area (Å²) in [5.74, 6) is -0.328. The number of hydrogen-bond donors (Lipinski definition) is 2. The molecule has 0 radical (unpaired) electrons. The lowest BCUT2D eigenvalue weighted by Gasteiger charge is -2.37. The van der Waals surface area contributed by atoms with Crippen LogP contribution >= 0.6 is 11.6 Å². The van der Waals surface area contributed by atoms with E-state index in [2.05, 4.69) is 5.32 Å². The molecular formula is C12H16ClFN2O2S. The van der Waals surface area contributed by atoms with Crippen LogP contribution in [0.4, 0.5) is 10.1 Å². The van der Waals surface area contributed by atoms with E-state index in [-0.39, 0.29) is 23.1 Å². The van der Waals surface area contributed by atoms with Crippen LogP contribution in [0.5, 0.6) is 0 Å². The highest BCUT2D eigenvalue weighted by Gasteiger charge is 2.38. The zero-order valence-electron chi connectivity index (χ0n) is 10.3. The van der Waals surface area contributed by atoms with Crippen molar-refractivity contribution in [1.29, 1.82) is 0 Å². The summed E-state index contributed by atoms with van der Waals surface area (Å²) in [4.78, 5) is 0. The van der Waals surface area contributed by atoms with Crippen molar-refractivity contribution in [2.24, 2.45) is 5.73 Å².